The van der Waals surface area contributed by atoms with Gasteiger partial charge in [0.15, 0.2) is 0 Å². The van der Waals surface area contributed by atoms with Gasteiger partial charge >= 0.3 is 0 Å². The molecule has 0 amide bonds. The summed E-state index contributed by atoms with van der Waals surface area (Å²) in [6.07, 6.45) is -0.355. The van der Waals surface area contributed by atoms with Gasteiger partial charge in [0.05, 0.1) is 25.8 Å². The van der Waals surface area contributed by atoms with Gasteiger partial charge in [0.1, 0.15) is 5.56 Å². The fourth-order valence-corrected chi connectivity index (χ4v) is 2.47. The molecule has 134 valence electrons. The number of aryl methyl sites for hydroxylation is 1. The van der Waals surface area contributed by atoms with Crippen molar-refractivity contribution in [1.29, 1.82) is 0 Å². The van der Waals surface area contributed by atoms with Crippen molar-refractivity contribution in [3.8, 4) is 0 Å². The van der Waals surface area contributed by atoms with Crippen LogP contribution in [0.1, 0.15) is 11.1 Å². The summed E-state index contributed by atoms with van der Waals surface area (Å²) < 4.78 is 0. The lowest BCUT2D eigenvalue weighted by Gasteiger charge is -2.05. The summed E-state index contributed by atoms with van der Waals surface area (Å²) in [6, 6.07) is 6.39. The SMILES string of the molecule is O=[N+]([O-])c1ccc(CCc2c([N+](=O)[O-])cccc2[N+](=O)[O-])c([N+](=O)[O-])c1. The minimum absolute atomic E-state index is 0.0769. The van der Waals surface area contributed by atoms with Crippen molar-refractivity contribution in [2.24, 2.45) is 0 Å². The second kappa shape index (κ2) is 7.29. The van der Waals surface area contributed by atoms with Crippen molar-refractivity contribution < 1.29 is 19.7 Å². The molecule has 2 aromatic rings. The molecule has 2 rings (SSSR count). The molecule has 0 unspecified atom stereocenters. The van der Waals surface area contributed by atoms with Gasteiger partial charge in [0.2, 0.25) is 0 Å². The van der Waals surface area contributed by atoms with Gasteiger partial charge in [-0.05, 0) is 25.0 Å². The molecule has 0 fully saturated rings. The van der Waals surface area contributed by atoms with Crippen LogP contribution in [0.25, 0.3) is 0 Å². The van der Waals surface area contributed by atoms with E-state index in [9.17, 15) is 40.5 Å². The van der Waals surface area contributed by atoms with E-state index in [2.05, 4.69) is 0 Å². The van der Waals surface area contributed by atoms with Crippen molar-refractivity contribution >= 4 is 22.7 Å². The Morgan fingerprint density at radius 1 is 0.654 bits per heavy atom. The number of hydrogen-bond donors (Lipinski definition) is 0. The first-order valence-electron chi connectivity index (χ1n) is 7.04. The Kier molecular flexibility index (Phi) is 5.15. The highest BCUT2D eigenvalue weighted by molar-refractivity contribution is 5.55. The summed E-state index contributed by atoms with van der Waals surface area (Å²) in [5, 5.41) is 44.1. The quantitative estimate of drug-likeness (QED) is 0.533. The van der Waals surface area contributed by atoms with Gasteiger partial charge in [0, 0.05) is 23.8 Å². The number of non-ortho nitro benzene ring substituents is 1. The zero-order valence-corrected chi connectivity index (χ0v) is 12.9. The summed E-state index contributed by atoms with van der Waals surface area (Å²) >= 11 is 0. The van der Waals surface area contributed by atoms with Crippen LogP contribution in [-0.4, -0.2) is 19.7 Å². The Morgan fingerprint density at radius 3 is 1.65 bits per heavy atom. The van der Waals surface area contributed by atoms with Crippen LogP contribution in [0, 0.1) is 40.5 Å². The largest absolute Gasteiger partial charge is 0.279 e. The minimum atomic E-state index is -0.809. The van der Waals surface area contributed by atoms with Crippen LogP contribution in [0.4, 0.5) is 22.7 Å². The third-order valence-corrected chi connectivity index (χ3v) is 3.64. The number of hydrogen-bond acceptors (Lipinski definition) is 8. The molecule has 0 bridgehead atoms. The van der Waals surface area contributed by atoms with E-state index in [4.69, 9.17) is 0 Å². The number of rotatable bonds is 7. The lowest BCUT2D eigenvalue weighted by Crippen LogP contribution is -2.04. The monoisotopic (exact) mass is 362 g/mol. The average molecular weight is 362 g/mol. The molecule has 12 nitrogen and oxygen atoms in total. The van der Waals surface area contributed by atoms with Crippen molar-refractivity contribution in [2.45, 2.75) is 12.8 Å². The standard InChI is InChI=1S/C14H10N4O8/c19-15(20)10-6-4-9(14(8-10)18(25)26)5-7-11-12(16(21)22)2-1-3-13(11)17(23)24/h1-4,6,8H,5,7H2. The Hall–Kier alpha value is -3.96. The third-order valence-electron chi connectivity index (χ3n) is 3.64. The van der Waals surface area contributed by atoms with Crippen LogP contribution < -0.4 is 0 Å². The first-order chi connectivity index (χ1) is 12.2. The lowest BCUT2D eigenvalue weighted by molar-refractivity contribution is -0.395. The summed E-state index contributed by atoms with van der Waals surface area (Å²) in [7, 11) is 0. The predicted molar refractivity (Wildman–Crippen MR) is 86.9 cm³/mol. The first kappa shape index (κ1) is 18.4. The van der Waals surface area contributed by atoms with Crippen LogP contribution >= 0.6 is 0 Å². The third kappa shape index (κ3) is 3.75. The molecule has 12 heteroatoms. The van der Waals surface area contributed by atoms with Gasteiger partial charge < -0.3 is 0 Å². The van der Waals surface area contributed by atoms with Gasteiger partial charge in [-0.25, -0.2) is 0 Å². The Morgan fingerprint density at radius 2 is 1.19 bits per heavy atom. The van der Waals surface area contributed by atoms with E-state index in [0.29, 0.717) is 0 Å². The normalized spacial score (nSPS) is 10.3. The van der Waals surface area contributed by atoms with Crippen LogP contribution in [0.3, 0.4) is 0 Å². The maximum atomic E-state index is 11.1. The van der Waals surface area contributed by atoms with E-state index in [1.54, 1.807) is 0 Å². The number of benzene rings is 2. The molecule has 0 spiro atoms. The van der Waals surface area contributed by atoms with Crippen LogP contribution in [0.15, 0.2) is 36.4 Å². The average Bonchev–Trinajstić information content (AvgIpc) is 2.58. The molecule has 0 aliphatic rings. The maximum absolute atomic E-state index is 11.1. The highest BCUT2D eigenvalue weighted by Crippen LogP contribution is 2.31. The smallest absolute Gasteiger partial charge is 0.258 e. The second-order valence-corrected chi connectivity index (χ2v) is 5.12. The Balaban J connectivity index is 2.43. The van der Waals surface area contributed by atoms with E-state index in [0.717, 1.165) is 30.3 Å². The molecule has 0 aliphatic carbocycles. The molecule has 0 saturated carbocycles. The number of nitrogens with zero attached hydrogens (tertiary/aromatic N) is 4. The Bertz CT molecular complexity index is 895. The highest BCUT2D eigenvalue weighted by atomic mass is 16.6. The van der Waals surface area contributed by atoms with Gasteiger partial charge in [-0.1, -0.05) is 0 Å². The summed E-state index contributed by atoms with van der Waals surface area (Å²) in [5.74, 6) is 0. The van der Waals surface area contributed by atoms with Gasteiger partial charge in [-0.3, -0.25) is 40.5 Å². The van der Waals surface area contributed by atoms with Crippen molar-refractivity contribution in [1.82, 2.24) is 0 Å². The van der Waals surface area contributed by atoms with Crippen LogP contribution in [-0.2, 0) is 12.8 Å². The van der Waals surface area contributed by atoms with Gasteiger partial charge in [-0.15, -0.1) is 0 Å². The van der Waals surface area contributed by atoms with Crippen molar-refractivity contribution in [2.75, 3.05) is 0 Å². The minimum Gasteiger partial charge on any atom is -0.258 e. The molecule has 2 aromatic carbocycles. The zero-order valence-electron chi connectivity index (χ0n) is 12.9. The fraction of sp³-hybridized carbons (Fsp3) is 0.143. The molecule has 0 atom stereocenters. The number of nitro groups is 4. The fourth-order valence-electron chi connectivity index (χ4n) is 2.47. The molecular formula is C14H10N4O8. The van der Waals surface area contributed by atoms with E-state index in [-0.39, 0.29) is 24.0 Å². The molecule has 0 aromatic heterocycles. The molecule has 0 saturated heterocycles. The van der Waals surface area contributed by atoms with Gasteiger partial charge in [0.25, 0.3) is 22.7 Å². The zero-order chi connectivity index (χ0) is 19.4. The lowest BCUT2D eigenvalue weighted by atomic mass is 10.00. The molecule has 26 heavy (non-hydrogen) atoms. The Labute approximate surface area is 144 Å². The first-order valence-corrected chi connectivity index (χ1v) is 7.04. The van der Waals surface area contributed by atoms with E-state index in [1.165, 1.54) is 6.07 Å². The maximum Gasteiger partial charge on any atom is 0.279 e. The van der Waals surface area contributed by atoms with E-state index in [1.807, 2.05) is 0 Å². The number of nitro benzene ring substituents is 4. The van der Waals surface area contributed by atoms with E-state index < -0.39 is 42.4 Å². The van der Waals surface area contributed by atoms with Crippen molar-refractivity contribution in [3.05, 3.63) is 88.0 Å². The molecule has 0 aliphatic heterocycles. The molecular weight excluding hydrogens is 352 g/mol. The van der Waals surface area contributed by atoms with Crippen LogP contribution in [0.5, 0.6) is 0 Å². The highest BCUT2D eigenvalue weighted by Gasteiger charge is 2.26. The summed E-state index contributed by atoms with van der Waals surface area (Å²) in [5.41, 5.74) is -2.03. The predicted octanol–water partition coefficient (Wildman–Crippen LogP) is 3.10. The van der Waals surface area contributed by atoms with Gasteiger partial charge in [-0.2, -0.15) is 0 Å². The van der Waals surface area contributed by atoms with Crippen LogP contribution in [0.2, 0.25) is 0 Å². The topological polar surface area (TPSA) is 173 Å². The molecule has 0 heterocycles. The van der Waals surface area contributed by atoms with Crippen molar-refractivity contribution in [3.63, 3.8) is 0 Å². The second-order valence-electron chi connectivity index (χ2n) is 5.12. The molecule has 0 radical (unpaired) electrons. The van der Waals surface area contributed by atoms with E-state index >= 15 is 0 Å². The summed E-state index contributed by atoms with van der Waals surface area (Å²) in [6.45, 7) is 0. The molecule has 0 N–H and O–H groups in total. The summed E-state index contributed by atoms with van der Waals surface area (Å²) in [4.78, 5) is 40.9.